The Morgan fingerprint density at radius 3 is 2.77 bits per heavy atom. The average molecular weight is 391 g/mol. The second-order valence-electron chi connectivity index (χ2n) is 7.02. The lowest BCUT2D eigenvalue weighted by atomic mass is 9.98. The van der Waals surface area contributed by atoms with Gasteiger partial charge in [-0.2, -0.15) is 0 Å². The van der Waals surface area contributed by atoms with Gasteiger partial charge < -0.3 is 10.2 Å². The predicted molar refractivity (Wildman–Crippen MR) is 104 cm³/mol. The van der Waals surface area contributed by atoms with Crippen molar-refractivity contribution >= 4 is 39.6 Å². The van der Waals surface area contributed by atoms with Crippen molar-refractivity contribution in [1.29, 1.82) is 0 Å². The van der Waals surface area contributed by atoms with Gasteiger partial charge in [-0.15, -0.1) is 22.7 Å². The molecule has 4 rings (SSSR count). The van der Waals surface area contributed by atoms with Gasteiger partial charge in [0.1, 0.15) is 0 Å². The number of hydrogen-bond acceptors (Lipinski definition) is 6. The van der Waals surface area contributed by atoms with Gasteiger partial charge in [-0.05, 0) is 37.1 Å². The third-order valence-corrected chi connectivity index (χ3v) is 6.91. The van der Waals surface area contributed by atoms with Crippen LogP contribution in [0.2, 0.25) is 0 Å². The second kappa shape index (κ2) is 7.46. The van der Waals surface area contributed by atoms with Crippen LogP contribution in [0.1, 0.15) is 41.0 Å². The van der Waals surface area contributed by atoms with Crippen LogP contribution in [-0.2, 0) is 11.2 Å². The van der Waals surface area contributed by atoms with E-state index in [1.165, 1.54) is 35.5 Å². The van der Waals surface area contributed by atoms with Gasteiger partial charge in [-0.25, -0.2) is 4.98 Å². The lowest BCUT2D eigenvalue weighted by Crippen LogP contribution is -2.49. The van der Waals surface area contributed by atoms with Crippen molar-refractivity contribution in [3.63, 3.8) is 0 Å². The number of carbonyl (C=O) groups excluding carboxylic acids is 2. The van der Waals surface area contributed by atoms with Crippen molar-refractivity contribution in [2.45, 2.75) is 50.2 Å². The fourth-order valence-corrected chi connectivity index (χ4v) is 5.16. The Balaban J connectivity index is 1.33. The lowest BCUT2D eigenvalue weighted by molar-refractivity contribution is -0.132. The van der Waals surface area contributed by atoms with Crippen LogP contribution in [0.4, 0.5) is 5.13 Å². The number of nitrogens with one attached hydrogen (secondary N) is 2. The van der Waals surface area contributed by atoms with Crippen LogP contribution < -0.4 is 10.6 Å². The molecule has 2 bridgehead atoms. The molecule has 4 heterocycles. The Kier molecular flexibility index (Phi) is 5.06. The lowest BCUT2D eigenvalue weighted by Gasteiger charge is -2.35. The first-order valence-corrected chi connectivity index (χ1v) is 10.7. The summed E-state index contributed by atoms with van der Waals surface area (Å²) in [7, 11) is 1.91. The predicted octanol–water partition coefficient (Wildman–Crippen LogP) is 2.74. The number of thiophene rings is 1. The molecule has 0 aromatic carbocycles. The molecule has 2 N–H and O–H groups in total. The molecular weight excluding hydrogens is 368 g/mol. The Labute approximate surface area is 160 Å². The number of hydrogen-bond donors (Lipinski definition) is 2. The van der Waals surface area contributed by atoms with Gasteiger partial charge in [0.15, 0.2) is 5.13 Å². The molecule has 0 spiro atoms. The number of likely N-dealkylation sites (N-methyl/N-ethyl adjacent to an activating group) is 1. The number of carbonyl (C=O) groups is 2. The van der Waals surface area contributed by atoms with E-state index < -0.39 is 0 Å². The van der Waals surface area contributed by atoms with Crippen LogP contribution in [0.25, 0.3) is 0 Å². The van der Waals surface area contributed by atoms with Gasteiger partial charge in [0.25, 0.3) is 5.91 Å². The first-order chi connectivity index (χ1) is 12.6. The molecular formula is C18H22N4O2S2. The van der Waals surface area contributed by atoms with E-state index in [0.717, 1.165) is 12.8 Å². The number of amides is 2. The Bertz CT molecular complexity index is 777. The molecule has 2 unspecified atom stereocenters. The van der Waals surface area contributed by atoms with E-state index in [1.807, 2.05) is 28.8 Å². The van der Waals surface area contributed by atoms with Crippen LogP contribution in [0.3, 0.4) is 0 Å². The largest absolute Gasteiger partial charge is 0.342 e. The standard InChI is InChI=1S/C18H22N4O2S2/c1-22(14-7-11-4-5-12(8-14)19-11)16(23)9-13-10-26-18(20-13)21-17(24)15-3-2-6-25-15/h2-3,6,10-12,14,19H,4-5,7-9H2,1H3,(H,20,21,24). The van der Waals surface area contributed by atoms with E-state index in [2.05, 4.69) is 15.6 Å². The minimum atomic E-state index is -0.158. The molecule has 2 fully saturated rings. The zero-order valence-electron chi connectivity index (χ0n) is 14.6. The molecule has 6 nitrogen and oxygen atoms in total. The molecule has 2 atom stereocenters. The molecule has 26 heavy (non-hydrogen) atoms. The number of thiazole rings is 1. The normalized spacial score (nSPS) is 24.4. The van der Waals surface area contributed by atoms with E-state index in [-0.39, 0.29) is 18.2 Å². The molecule has 8 heteroatoms. The summed E-state index contributed by atoms with van der Waals surface area (Å²) in [6.45, 7) is 0. The van der Waals surface area contributed by atoms with Crippen LogP contribution in [0.15, 0.2) is 22.9 Å². The first kappa shape index (κ1) is 17.6. The van der Waals surface area contributed by atoms with Crippen molar-refractivity contribution in [3.05, 3.63) is 33.5 Å². The number of aromatic nitrogens is 1. The van der Waals surface area contributed by atoms with E-state index >= 15 is 0 Å². The van der Waals surface area contributed by atoms with Gasteiger partial charge in [0.05, 0.1) is 17.0 Å². The number of nitrogens with zero attached hydrogens (tertiary/aromatic N) is 2. The Hall–Kier alpha value is -1.77. The fraction of sp³-hybridized carbons (Fsp3) is 0.500. The molecule has 0 aliphatic carbocycles. The van der Waals surface area contributed by atoms with Crippen LogP contribution >= 0.6 is 22.7 Å². The second-order valence-corrected chi connectivity index (χ2v) is 8.83. The summed E-state index contributed by atoms with van der Waals surface area (Å²) in [6.07, 6.45) is 4.81. The smallest absolute Gasteiger partial charge is 0.267 e. The number of anilines is 1. The summed E-state index contributed by atoms with van der Waals surface area (Å²) in [6, 6.07) is 5.06. The third kappa shape index (κ3) is 3.82. The zero-order chi connectivity index (χ0) is 18.1. The van der Waals surface area contributed by atoms with Crippen LogP contribution in [0.5, 0.6) is 0 Å². The van der Waals surface area contributed by atoms with Gasteiger partial charge in [-0.3, -0.25) is 14.9 Å². The highest BCUT2D eigenvalue weighted by atomic mass is 32.1. The summed E-state index contributed by atoms with van der Waals surface area (Å²) in [5, 5.41) is 10.7. The summed E-state index contributed by atoms with van der Waals surface area (Å²) in [5.74, 6) is -0.0627. The molecule has 2 aromatic heterocycles. The maximum Gasteiger partial charge on any atom is 0.267 e. The summed E-state index contributed by atoms with van der Waals surface area (Å²) >= 11 is 2.75. The third-order valence-electron chi connectivity index (χ3n) is 5.24. The highest BCUT2D eigenvalue weighted by Gasteiger charge is 2.36. The molecule has 2 amide bonds. The molecule has 2 saturated heterocycles. The van der Waals surface area contributed by atoms with Gasteiger partial charge in [0, 0.05) is 30.6 Å². The monoisotopic (exact) mass is 390 g/mol. The number of fused-ring (bicyclic) bond motifs is 2. The molecule has 2 aliphatic rings. The van der Waals surface area contributed by atoms with Gasteiger partial charge in [-0.1, -0.05) is 6.07 Å². The van der Waals surface area contributed by atoms with Crippen molar-refractivity contribution in [1.82, 2.24) is 15.2 Å². The highest BCUT2D eigenvalue weighted by molar-refractivity contribution is 7.14. The summed E-state index contributed by atoms with van der Waals surface area (Å²) in [5.41, 5.74) is 0.713. The molecule has 2 aromatic rings. The topological polar surface area (TPSA) is 74.3 Å². The molecule has 2 aliphatic heterocycles. The molecule has 0 saturated carbocycles. The number of piperidine rings is 1. The van der Waals surface area contributed by atoms with Crippen LogP contribution in [0, 0.1) is 0 Å². The zero-order valence-corrected chi connectivity index (χ0v) is 16.2. The quantitative estimate of drug-likeness (QED) is 0.823. The maximum atomic E-state index is 12.6. The molecule has 138 valence electrons. The van der Waals surface area contributed by atoms with E-state index in [0.29, 0.717) is 33.8 Å². The molecule has 0 radical (unpaired) electrons. The van der Waals surface area contributed by atoms with Crippen molar-refractivity contribution in [2.75, 3.05) is 12.4 Å². The summed E-state index contributed by atoms with van der Waals surface area (Å²) in [4.78, 5) is 31.7. The van der Waals surface area contributed by atoms with Gasteiger partial charge >= 0.3 is 0 Å². The van der Waals surface area contributed by atoms with Gasteiger partial charge in [0.2, 0.25) is 5.91 Å². The number of rotatable bonds is 5. The minimum Gasteiger partial charge on any atom is -0.342 e. The average Bonchev–Trinajstić information content (AvgIpc) is 3.36. The van der Waals surface area contributed by atoms with Crippen molar-refractivity contribution < 1.29 is 9.59 Å². The van der Waals surface area contributed by atoms with E-state index in [1.54, 1.807) is 6.07 Å². The Morgan fingerprint density at radius 2 is 2.08 bits per heavy atom. The van der Waals surface area contributed by atoms with Crippen molar-refractivity contribution in [2.24, 2.45) is 0 Å². The first-order valence-electron chi connectivity index (χ1n) is 8.89. The van der Waals surface area contributed by atoms with E-state index in [9.17, 15) is 9.59 Å². The minimum absolute atomic E-state index is 0.0951. The highest BCUT2D eigenvalue weighted by Crippen LogP contribution is 2.29. The SMILES string of the molecule is CN(C(=O)Cc1csc(NC(=O)c2cccs2)n1)C1CC2CCC(C1)N2. The summed E-state index contributed by atoms with van der Waals surface area (Å²) < 4.78 is 0. The van der Waals surface area contributed by atoms with Crippen LogP contribution in [-0.4, -0.2) is 46.9 Å². The fourth-order valence-electron chi connectivity index (χ4n) is 3.84. The van der Waals surface area contributed by atoms with E-state index in [4.69, 9.17) is 0 Å². The van der Waals surface area contributed by atoms with Crippen molar-refractivity contribution in [3.8, 4) is 0 Å². The maximum absolute atomic E-state index is 12.6. The Morgan fingerprint density at radius 1 is 1.31 bits per heavy atom.